The standard InChI is InChI=1S/C13H16N2OS/c16-12-9-5-2-6-10-15(12)13(17)14-11-7-3-1-4-8-11/h1,3-4,7-8H,2,5-6,9-10H2,(H,14,17). The minimum Gasteiger partial charge on any atom is -0.332 e. The highest BCUT2D eigenvalue weighted by molar-refractivity contribution is 7.80. The summed E-state index contributed by atoms with van der Waals surface area (Å²) in [6, 6.07) is 9.71. The van der Waals surface area contributed by atoms with E-state index in [1.165, 1.54) is 0 Å². The molecule has 1 heterocycles. The fourth-order valence-electron chi connectivity index (χ4n) is 1.91. The van der Waals surface area contributed by atoms with Gasteiger partial charge in [0.05, 0.1) is 0 Å². The van der Waals surface area contributed by atoms with E-state index in [9.17, 15) is 4.79 Å². The van der Waals surface area contributed by atoms with E-state index in [1.54, 1.807) is 4.90 Å². The van der Waals surface area contributed by atoms with Gasteiger partial charge in [-0.05, 0) is 37.2 Å². The van der Waals surface area contributed by atoms with Gasteiger partial charge in [-0.25, -0.2) is 0 Å². The van der Waals surface area contributed by atoms with Crippen LogP contribution in [-0.2, 0) is 4.79 Å². The van der Waals surface area contributed by atoms with Crippen molar-refractivity contribution in [2.45, 2.75) is 25.7 Å². The van der Waals surface area contributed by atoms with E-state index < -0.39 is 0 Å². The van der Waals surface area contributed by atoms with Crippen LogP contribution in [-0.4, -0.2) is 22.5 Å². The quantitative estimate of drug-likeness (QED) is 0.776. The predicted octanol–water partition coefficient (Wildman–Crippen LogP) is 2.79. The summed E-state index contributed by atoms with van der Waals surface area (Å²) >= 11 is 5.29. The van der Waals surface area contributed by atoms with Gasteiger partial charge < -0.3 is 5.32 Å². The molecule has 17 heavy (non-hydrogen) atoms. The van der Waals surface area contributed by atoms with Crippen molar-refractivity contribution in [2.24, 2.45) is 0 Å². The van der Waals surface area contributed by atoms with Crippen molar-refractivity contribution in [3.05, 3.63) is 30.3 Å². The van der Waals surface area contributed by atoms with Crippen LogP contribution in [0.15, 0.2) is 30.3 Å². The van der Waals surface area contributed by atoms with Crippen molar-refractivity contribution in [1.29, 1.82) is 0 Å². The van der Waals surface area contributed by atoms with E-state index in [0.717, 1.165) is 31.5 Å². The molecule has 0 atom stereocenters. The Morgan fingerprint density at radius 2 is 1.94 bits per heavy atom. The molecule has 2 rings (SSSR count). The maximum absolute atomic E-state index is 11.8. The fourth-order valence-corrected chi connectivity index (χ4v) is 2.22. The highest BCUT2D eigenvalue weighted by Crippen LogP contribution is 2.13. The summed E-state index contributed by atoms with van der Waals surface area (Å²) in [6.45, 7) is 0.734. The molecule has 3 nitrogen and oxygen atoms in total. The molecular formula is C13H16N2OS. The summed E-state index contributed by atoms with van der Waals surface area (Å²) in [5, 5.41) is 3.62. The molecule has 0 saturated carbocycles. The zero-order chi connectivity index (χ0) is 12.1. The molecule has 0 unspecified atom stereocenters. The molecule has 1 N–H and O–H groups in total. The van der Waals surface area contributed by atoms with Crippen molar-refractivity contribution < 1.29 is 4.79 Å². The number of rotatable bonds is 1. The third-order valence-corrected chi connectivity index (χ3v) is 3.17. The molecule has 1 saturated heterocycles. The number of nitrogens with one attached hydrogen (secondary N) is 1. The molecule has 0 radical (unpaired) electrons. The SMILES string of the molecule is O=C1CCCCCN1C(=S)Nc1ccccc1. The van der Waals surface area contributed by atoms with Crippen molar-refractivity contribution in [3.63, 3.8) is 0 Å². The molecule has 1 aromatic carbocycles. The molecule has 0 spiro atoms. The molecule has 0 aromatic heterocycles. The third-order valence-electron chi connectivity index (χ3n) is 2.84. The number of amides is 1. The van der Waals surface area contributed by atoms with Crippen LogP contribution in [0.5, 0.6) is 0 Å². The minimum absolute atomic E-state index is 0.135. The van der Waals surface area contributed by atoms with Crippen molar-refractivity contribution in [3.8, 4) is 0 Å². The van der Waals surface area contributed by atoms with Crippen LogP contribution in [0.3, 0.4) is 0 Å². The maximum atomic E-state index is 11.8. The Balaban J connectivity index is 2.01. The zero-order valence-corrected chi connectivity index (χ0v) is 10.5. The molecule has 0 aliphatic carbocycles. The molecule has 1 aliphatic rings. The largest absolute Gasteiger partial charge is 0.332 e. The number of thiocarbonyl (C=S) groups is 1. The Morgan fingerprint density at radius 3 is 2.71 bits per heavy atom. The van der Waals surface area contributed by atoms with E-state index in [1.807, 2.05) is 30.3 Å². The summed E-state index contributed by atoms with van der Waals surface area (Å²) < 4.78 is 0. The van der Waals surface area contributed by atoms with Gasteiger partial charge in [-0.15, -0.1) is 0 Å². The maximum Gasteiger partial charge on any atom is 0.228 e. The number of carbonyl (C=O) groups is 1. The second kappa shape index (κ2) is 5.77. The zero-order valence-electron chi connectivity index (χ0n) is 9.69. The number of nitrogens with zero attached hydrogens (tertiary/aromatic N) is 1. The lowest BCUT2D eigenvalue weighted by Crippen LogP contribution is -2.39. The van der Waals surface area contributed by atoms with Crippen LogP contribution >= 0.6 is 12.2 Å². The minimum atomic E-state index is 0.135. The monoisotopic (exact) mass is 248 g/mol. The van der Waals surface area contributed by atoms with Gasteiger partial charge in [0.25, 0.3) is 0 Å². The lowest BCUT2D eigenvalue weighted by molar-refractivity contribution is -0.126. The first-order valence-electron chi connectivity index (χ1n) is 5.94. The Labute approximate surface area is 107 Å². The first-order chi connectivity index (χ1) is 8.27. The molecule has 90 valence electrons. The predicted molar refractivity (Wildman–Crippen MR) is 72.8 cm³/mol. The number of hydrogen-bond donors (Lipinski definition) is 1. The number of carbonyl (C=O) groups excluding carboxylic acids is 1. The summed E-state index contributed by atoms with van der Waals surface area (Å²) in [6.07, 6.45) is 3.72. The molecule has 0 bridgehead atoms. The van der Waals surface area contributed by atoms with Gasteiger partial charge >= 0.3 is 0 Å². The van der Waals surface area contributed by atoms with E-state index in [0.29, 0.717) is 11.5 Å². The first kappa shape index (κ1) is 12.0. The van der Waals surface area contributed by atoms with Crippen molar-refractivity contribution >= 4 is 28.9 Å². The van der Waals surface area contributed by atoms with Gasteiger partial charge in [-0.2, -0.15) is 0 Å². The van der Waals surface area contributed by atoms with Crippen LogP contribution in [0.2, 0.25) is 0 Å². The normalized spacial score (nSPS) is 16.5. The number of benzene rings is 1. The Bertz CT molecular complexity index is 405. The van der Waals surface area contributed by atoms with Gasteiger partial charge in [-0.3, -0.25) is 9.69 Å². The number of hydrogen-bond acceptors (Lipinski definition) is 2. The van der Waals surface area contributed by atoms with Gasteiger partial charge in [0.2, 0.25) is 5.91 Å². The summed E-state index contributed by atoms with van der Waals surface area (Å²) in [5.74, 6) is 0.135. The molecule has 1 fully saturated rings. The Hall–Kier alpha value is -1.42. The van der Waals surface area contributed by atoms with Crippen LogP contribution in [0.4, 0.5) is 5.69 Å². The second-order valence-corrected chi connectivity index (χ2v) is 4.54. The van der Waals surface area contributed by atoms with E-state index in [2.05, 4.69) is 5.32 Å². The summed E-state index contributed by atoms with van der Waals surface area (Å²) in [4.78, 5) is 13.5. The van der Waals surface area contributed by atoms with E-state index in [4.69, 9.17) is 12.2 Å². The van der Waals surface area contributed by atoms with Crippen molar-refractivity contribution in [1.82, 2.24) is 4.90 Å². The first-order valence-corrected chi connectivity index (χ1v) is 6.34. The fraction of sp³-hybridized carbons (Fsp3) is 0.385. The average molecular weight is 248 g/mol. The van der Waals surface area contributed by atoms with Crippen LogP contribution in [0, 0.1) is 0 Å². The Kier molecular flexibility index (Phi) is 4.09. The van der Waals surface area contributed by atoms with E-state index >= 15 is 0 Å². The van der Waals surface area contributed by atoms with Gasteiger partial charge in [-0.1, -0.05) is 24.6 Å². The van der Waals surface area contributed by atoms with Crippen LogP contribution < -0.4 is 5.32 Å². The van der Waals surface area contributed by atoms with E-state index in [-0.39, 0.29) is 5.91 Å². The third kappa shape index (κ3) is 3.27. The molecule has 1 aromatic rings. The lowest BCUT2D eigenvalue weighted by Gasteiger charge is -2.22. The number of anilines is 1. The summed E-state index contributed by atoms with van der Waals surface area (Å²) in [5.41, 5.74) is 0.926. The van der Waals surface area contributed by atoms with Gasteiger partial charge in [0.1, 0.15) is 0 Å². The number of para-hydroxylation sites is 1. The smallest absolute Gasteiger partial charge is 0.228 e. The van der Waals surface area contributed by atoms with Gasteiger partial charge in [0, 0.05) is 18.7 Å². The molecule has 1 aliphatic heterocycles. The lowest BCUT2D eigenvalue weighted by atomic mass is 10.2. The average Bonchev–Trinajstić information content (AvgIpc) is 2.55. The van der Waals surface area contributed by atoms with Crippen molar-refractivity contribution in [2.75, 3.05) is 11.9 Å². The number of likely N-dealkylation sites (tertiary alicyclic amines) is 1. The topological polar surface area (TPSA) is 32.3 Å². The van der Waals surface area contributed by atoms with Gasteiger partial charge in [0.15, 0.2) is 5.11 Å². The second-order valence-electron chi connectivity index (χ2n) is 4.15. The summed E-state index contributed by atoms with van der Waals surface area (Å²) in [7, 11) is 0. The molecule has 4 heteroatoms. The Morgan fingerprint density at radius 1 is 1.18 bits per heavy atom. The highest BCUT2D eigenvalue weighted by atomic mass is 32.1. The van der Waals surface area contributed by atoms with Crippen LogP contribution in [0.1, 0.15) is 25.7 Å². The highest BCUT2D eigenvalue weighted by Gasteiger charge is 2.20. The van der Waals surface area contributed by atoms with Crippen LogP contribution in [0.25, 0.3) is 0 Å². The molecular weight excluding hydrogens is 232 g/mol. The molecule has 1 amide bonds.